The molecule has 3 fully saturated rings. The van der Waals surface area contributed by atoms with Crippen LogP contribution in [0.15, 0.2) is 29.9 Å². The molecule has 0 aromatic heterocycles. The Kier molecular flexibility index (Phi) is 10.1. The van der Waals surface area contributed by atoms with Crippen molar-refractivity contribution in [3.8, 4) is 17.2 Å². The molecule has 0 saturated heterocycles. The highest BCUT2D eigenvalue weighted by Gasteiger charge is 2.59. The van der Waals surface area contributed by atoms with Gasteiger partial charge in [0.1, 0.15) is 6.10 Å². The summed E-state index contributed by atoms with van der Waals surface area (Å²) in [6, 6.07) is 3.66. The molecule has 0 aliphatic heterocycles. The largest absolute Gasteiger partial charge is 0.493 e. The molecule has 1 aromatic carbocycles. The fourth-order valence-corrected chi connectivity index (χ4v) is 10.3. The molecule has 0 spiro atoms. The van der Waals surface area contributed by atoms with Crippen LogP contribution in [0.25, 0.3) is 6.08 Å². The highest BCUT2D eigenvalue weighted by atomic mass is 16.5. The van der Waals surface area contributed by atoms with E-state index in [9.17, 15) is 4.79 Å². The van der Waals surface area contributed by atoms with Gasteiger partial charge in [0.2, 0.25) is 5.75 Å². The molecule has 0 amide bonds. The topological polar surface area (TPSA) is 54.0 Å². The highest BCUT2D eigenvalue weighted by Crippen LogP contribution is 2.67. The first kappa shape index (κ1) is 32.9. The number of esters is 1. The average Bonchev–Trinajstić information content (AvgIpc) is 3.36. The number of hydrogen-bond donors (Lipinski definition) is 0. The number of carbonyl (C=O) groups excluding carboxylic acids is 1. The highest BCUT2D eigenvalue weighted by molar-refractivity contribution is 5.87. The van der Waals surface area contributed by atoms with Crippen molar-refractivity contribution in [1.29, 1.82) is 0 Å². The average molecular weight is 607 g/mol. The predicted molar refractivity (Wildman–Crippen MR) is 178 cm³/mol. The van der Waals surface area contributed by atoms with E-state index >= 15 is 0 Å². The fraction of sp³-hybridized carbons (Fsp3) is 0.718. The molecule has 0 unspecified atom stereocenters. The van der Waals surface area contributed by atoms with Gasteiger partial charge in [-0.1, -0.05) is 65.5 Å². The number of hydrogen-bond acceptors (Lipinski definition) is 5. The van der Waals surface area contributed by atoms with Crippen molar-refractivity contribution >= 4 is 12.0 Å². The van der Waals surface area contributed by atoms with E-state index in [-0.39, 0.29) is 17.5 Å². The number of rotatable bonds is 11. The number of allylic oxidation sites excluding steroid dienone is 1. The summed E-state index contributed by atoms with van der Waals surface area (Å²) in [7, 11) is 4.76. The minimum absolute atomic E-state index is 0.0561. The zero-order valence-electron chi connectivity index (χ0n) is 28.7. The molecular weight excluding hydrogens is 548 g/mol. The Balaban J connectivity index is 1.21. The first-order valence-corrected chi connectivity index (χ1v) is 17.4. The third kappa shape index (κ3) is 6.31. The minimum atomic E-state index is -0.297. The SMILES string of the molecule is COc1cc(/C=C/C(=O)O[C@H]2CC[C@@]3(C)C(=CC[C@H]4[C@@H]5CC[C@H]([C@H](C)CCCC(C)C)[C@@]5(C)CC[C@@H]43)C2)cc(OC)c1OC. The van der Waals surface area contributed by atoms with Gasteiger partial charge in [-0.05, 0) is 115 Å². The third-order valence-corrected chi connectivity index (χ3v) is 12.6. The molecule has 0 heterocycles. The molecule has 4 aliphatic rings. The second-order valence-corrected chi connectivity index (χ2v) is 15.4. The van der Waals surface area contributed by atoms with E-state index in [4.69, 9.17) is 18.9 Å². The Hall–Kier alpha value is -2.43. The lowest BCUT2D eigenvalue weighted by Gasteiger charge is -2.58. The van der Waals surface area contributed by atoms with Crippen LogP contribution in [0.3, 0.4) is 0 Å². The fourth-order valence-electron chi connectivity index (χ4n) is 10.3. The molecule has 5 rings (SSSR count). The molecule has 244 valence electrons. The van der Waals surface area contributed by atoms with Crippen molar-refractivity contribution in [3.63, 3.8) is 0 Å². The van der Waals surface area contributed by atoms with Gasteiger partial charge in [-0.25, -0.2) is 4.79 Å². The Morgan fingerprint density at radius 3 is 2.32 bits per heavy atom. The smallest absolute Gasteiger partial charge is 0.331 e. The van der Waals surface area contributed by atoms with Crippen molar-refractivity contribution in [3.05, 3.63) is 35.4 Å². The third-order valence-electron chi connectivity index (χ3n) is 12.6. The van der Waals surface area contributed by atoms with Gasteiger partial charge < -0.3 is 18.9 Å². The normalized spacial score (nSPS) is 33.7. The second kappa shape index (κ2) is 13.5. The summed E-state index contributed by atoms with van der Waals surface area (Å²) in [6.07, 6.45) is 19.7. The first-order chi connectivity index (χ1) is 21.0. The van der Waals surface area contributed by atoms with Crippen LogP contribution in [0, 0.1) is 46.3 Å². The quantitative estimate of drug-likeness (QED) is 0.143. The lowest BCUT2D eigenvalue weighted by Crippen LogP contribution is -2.51. The van der Waals surface area contributed by atoms with E-state index < -0.39 is 0 Å². The van der Waals surface area contributed by atoms with Gasteiger partial charge in [0.15, 0.2) is 11.5 Å². The first-order valence-electron chi connectivity index (χ1n) is 17.4. The van der Waals surface area contributed by atoms with E-state index in [1.165, 1.54) is 57.4 Å². The van der Waals surface area contributed by atoms with Crippen LogP contribution in [-0.4, -0.2) is 33.4 Å². The molecule has 8 atom stereocenters. The molecular formula is C39H58O5. The lowest BCUT2D eigenvalue weighted by molar-refractivity contribution is -0.145. The van der Waals surface area contributed by atoms with Crippen LogP contribution in [0.5, 0.6) is 17.2 Å². The van der Waals surface area contributed by atoms with E-state index in [0.29, 0.717) is 22.7 Å². The van der Waals surface area contributed by atoms with Crippen LogP contribution in [0.1, 0.15) is 111 Å². The zero-order chi connectivity index (χ0) is 31.6. The number of fused-ring (bicyclic) bond motifs is 5. The van der Waals surface area contributed by atoms with Gasteiger partial charge in [-0.15, -0.1) is 0 Å². The van der Waals surface area contributed by atoms with Crippen molar-refractivity contribution in [2.75, 3.05) is 21.3 Å². The van der Waals surface area contributed by atoms with Crippen LogP contribution in [-0.2, 0) is 9.53 Å². The van der Waals surface area contributed by atoms with Crippen molar-refractivity contribution in [2.24, 2.45) is 46.3 Å². The van der Waals surface area contributed by atoms with E-state index in [2.05, 4.69) is 40.7 Å². The molecule has 5 heteroatoms. The summed E-state index contributed by atoms with van der Waals surface area (Å²) >= 11 is 0. The van der Waals surface area contributed by atoms with Crippen molar-refractivity contribution in [1.82, 2.24) is 0 Å². The Bertz CT molecular complexity index is 1210. The molecule has 44 heavy (non-hydrogen) atoms. The molecule has 0 N–H and O–H groups in total. The van der Waals surface area contributed by atoms with Gasteiger partial charge in [-0.2, -0.15) is 0 Å². The van der Waals surface area contributed by atoms with Crippen LogP contribution < -0.4 is 14.2 Å². The summed E-state index contributed by atoms with van der Waals surface area (Å²) in [5.74, 6) is 6.35. The number of benzene rings is 1. The van der Waals surface area contributed by atoms with Crippen molar-refractivity contribution < 1.29 is 23.7 Å². The Labute approximate surface area is 267 Å². The molecule has 1 aromatic rings. The Morgan fingerprint density at radius 2 is 1.66 bits per heavy atom. The number of ether oxygens (including phenoxy) is 4. The zero-order valence-corrected chi connectivity index (χ0v) is 28.7. The van der Waals surface area contributed by atoms with Gasteiger partial charge in [0.05, 0.1) is 21.3 Å². The minimum Gasteiger partial charge on any atom is -0.493 e. The molecule has 4 aliphatic carbocycles. The summed E-state index contributed by atoms with van der Waals surface area (Å²) in [4.78, 5) is 12.9. The monoisotopic (exact) mass is 606 g/mol. The van der Waals surface area contributed by atoms with E-state index in [1.807, 2.05) is 12.1 Å². The number of methoxy groups -OCH3 is 3. The van der Waals surface area contributed by atoms with Crippen LogP contribution in [0.2, 0.25) is 0 Å². The standard InChI is InChI=1S/C39H58O5/c1-25(2)10-9-11-26(3)31-15-16-32-30-14-13-28-24-29(18-20-38(28,4)33(30)19-21-39(31,32)5)44-36(40)17-12-27-22-34(41-6)37(43-8)35(23-27)42-7/h12-13,17,22-23,25-26,29-33H,9-11,14-16,18-21,24H2,1-8H3/b17-12+/t26-,29+,30+,31-,32+,33+,38+,39-/m1/s1. The summed E-state index contributed by atoms with van der Waals surface area (Å²) in [6.45, 7) is 12.5. The van der Waals surface area contributed by atoms with Crippen molar-refractivity contribution in [2.45, 2.75) is 111 Å². The van der Waals surface area contributed by atoms with Gasteiger partial charge in [-0.3, -0.25) is 0 Å². The summed E-state index contributed by atoms with van der Waals surface area (Å²) in [5, 5.41) is 0. The second-order valence-electron chi connectivity index (χ2n) is 15.4. The lowest BCUT2D eigenvalue weighted by atomic mass is 9.47. The molecule has 0 radical (unpaired) electrons. The van der Waals surface area contributed by atoms with E-state index in [1.54, 1.807) is 33.0 Å². The van der Waals surface area contributed by atoms with Crippen LogP contribution in [0.4, 0.5) is 0 Å². The summed E-state index contributed by atoms with van der Waals surface area (Å²) in [5.41, 5.74) is 3.10. The molecule has 3 saturated carbocycles. The maximum atomic E-state index is 12.9. The van der Waals surface area contributed by atoms with Gasteiger partial charge >= 0.3 is 5.97 Å². The van der Waals surface area contributed by atoms with Gasteiger partial charge in [0, 0.05) is 12.5 Å². The molecule has 5 nitrogen and oxygen atoms in total. The maximum Gasteiger partial charge on any atom is 0.331 e. The predicted octanol–water partition coefficient (Wildman–Crippen LogP) is 9.68. The summed E-state index contributed by atoms with van der Waals surface area (Å²) < 4.78 is 22.3. The van der Waals surface area contributed by atoms with Crippen LogP contribution >= 0.6 is 0 Å². The maximum absolute atomic E-state index is 12.9. The Morgan fingerprint density at radius 1 is 0.932 bits per heavy atom. The van der Waals surface area contributed by atoms with E-state index in [0.717, 1.165) is 60.3 Å². The molecule has 0 bridgehead atoms. The number of carbonyl (C=O) groups is 1. The van der Waals surface area contributed by atoms with Gasteiger partial charge in [0.25, 0.3) is 0 Å².